The van der Waals surface area contributed by atoms with Gasteiger partial charge in [0.15, 0.2) is 0 Å². The average molecular weight is 339 g/mol. The number of benzene rings is 1. The molecule has 1 aliphatic rings. The van der Waals surface area contributed by atoms with Crippen LogP contribution in [0.5, 0.6) is 5.75 Å². The first-order valence-corrected chi connectivity index (χ1v) is 9.41. The van der Waals surface area contributed by atoms with Gasteiger partial charge in [0.2, 0.25) is 0 Å². The Kier molecular flexibility index (Phi) is 4.10. The average Bonchev–Trinajstić information content (AvgIpc) is 3.17. The molecule has 2 heterocycles. The van der Waals surface area contributed by atoms with Gasteiger partial charge in [0.05, 0.1) is 12.0 Å². The molecule has 1 aromatic carbocycles. The van der Waals surface area contributed by atoms with Crippen molar-refractivity contribution >= 4 is 33.1 Å². The van der Waals surface area contributed by atoms with Crippen LogP contribution in [0.1, 0.15) is 36.5 Å². The van der Waals surface area contributed by atoms with Gasteiger partial charge in [-0.1, -0.05) is 6.92 Å². The number of nitrogens with one attached hydrogen (secondary N) is 1. The van der Waals surface area contributed by atoms with Gasteiger partial charge in [0.25, 0.3) is 0 Å². The van der Waals surface area contributed by atoms with E-state index in [0.29, 0.717) is 6.61 Å². The second-order valence-electron chi connectivity index (χ2n) is 5.96. The Morgan fingerprint density at radius 3 is 2.71 bits per heavy atom. The molecule has 0 atom stereocenters. The van der Waals surface area contributed by atoms with Crippen molar-refractivity contribution in [1.82, 2.24) is 9.97 Å². The lowest BCUT2D eigenvalue weighted by atomic mass is 10.2. The Hall–Kier alpha value is -2.14. The van der Waals surface area contributed by atoms with Crippen LogP contribution >= 0.6 is 11.3 Å². The minimum atomic E-state index is 0.681. The van der Waals surface area contributed by atoms with Crippen molar-refractivity contribution in [2.24, 2.45) is 0 Å². The van der Waals surface area contributed by atoms with Gasteiger partial charge in [-0.3, -0.25) is 0 Å². The van der Waals surface area contributed by atoms with Gasteiger partial charge in [-0.2, -0.15) is 0 Å². The summed E-state index contributed by atoms with van der Waals surface area (Å²) in [5, 5.41) is 4.73. The van der Waals surface area contributed by atoms with Crippen LogP contribution in [0.15, 0.2) is 24.3 Å². The molecule has 0 fully saturated rings. The zero-order chi connectivity index (χ0) is 16.5. The van der Waals surface area contributed by atoms with Crippen molar-refractivity contribution in [3.8, 4) is 5.75 Å². The molecular formula is C19H21N3OS. The van der Waals surface area contributed by atoms with Crippen LogP contribution in [-0.4, -0.2) is 16.6 Å². The SMILES string of the molecule is CCOc1ccc(Nc2nc(CC)nc3sc4c(c23)CCC4)cc1. The van der Waals surface area contributed by atoms with Gasteiger partial charge >= 0.3 is 0 Å². The molecule has 0 spiro atoms. The predicted molar refractivity (Wildman–Crippen MR) is 99.7 cm³/mol. The molecule has 3 aromatic rings. The minimum Gasteiger partial charge on any atom is -0.494 e. The summed E-state index contributed by atoms with van der Waals surface area (Å²) in [5.74, 6) is 2.73. The van der Waals surface area contributed by atoms with Gasteiger partial charge < -0.3 is 10.1 Å². The highest BCUT2D eigenvalue weighted by molar-refractivity contribution is 7.19. The molecule has 0 aliphatic heterocycles. The standard InChI is InChI=1S/C19H21N3OS/c1-3-16-21-18(20-12-8-10-13(11-9-12)23-4-2)17-14-6-5-7-15(14)24-19(17)22-16/h8-11H,3-7H2,1-2H3,(H,20,21,22). The lowest BCUT2D eigenvalue weighted by Crippen LogP contribution is -2.01. The van der Waals surface area contributed by atoms with Crippen molar-refractivity contribution in [3.63, 3.8) is 0 Å². The third-order valence-electron chi connectivity index (χ3n) is 4.36. The molecule has 1 N–H and O–H groups in total. The molecule has 124 valence electrons. The van der Waals surface area contributed by atoms with Crippen LogP contribution in [0.25, 0.3) is 10.2 Å². The van der Waals surface area contributed by atoms with E-state index in [-0.39, 0.29) is 0 Å². The second kappa shape index (κ2) is 6.40. The topological polar surface area (TPSA) is 47.0 Å². The van der Waals surface area contributed by atoms with Crippen LogP contribution < -0.4 is 10.1 Å². The Bertz CT molecular complexity index is 870. The molecule has 0 unspecified atom stereocenters. The van der Waals surface area contributed by atoms with E-state index in [9.17, 15) is 0 Å². The maximum Gasteiger partial charge on any atom is 0.143 e. The Balaban J connectivity index is 1.74. The van der Waals surface area contributed by atoms with E-state index in [0.717, 1.165) is 40.8 Å². The van der Waals surface area contributed by atoms with Crippen LogP contribution in [0.2, 0.25) is 0 Å². The van der Waals surface area contributed by atoms with Crippen LogP contribution in [0.4, 0.5) is 11.5 Å². The number of hydrogen-bond donors (Lipinski definition) is 1. The fourth-order valence-corrected chi connectivity index (χ4v) is 4.51. The van der Waals surface area contributed by atoms with Crippen molar-refractivity contribution in [3.05, 3.63) is 40.5 Å². The van der Waals surface area contributed by atoms with Crippen molar-refractivity contribution in [2.75, 3.05) is 11.9 Å². The maximum atomic E-state index is 5.51. The molecule has 4 nitrogen and oxygen atoms in total. The minimum absolute atomic E-state index is 0.681. The monoisotopic (exact) mass is 339 g/mol. The molecule has 5 heteroatoms. The highest BCUT2D eigenvalue weighted by Gasteiger charge is 2.22. The van der Waals surface area contributed by atoms with E-state index >= 15 is 0 Å². The lowest BCUT2D eigenvalue weighted by molar-refractivity contribution is 0.340. The third-order valence-corrected chi connectivity index (χ3v) is 5.54. The summed E-state index contributed by atoms with van der Waals surface area (Å²) >= 11 is 1.84. The summed E-state index contributed by atoms with van der Waals surface area (Å²) in [6.07, 6.45) is 4.41. The molecular weight excluding hydrogens is 318 g/mol. The number of thiophene rings is 1. The van der Waals surface area contributed by atoms with Gasteiger partial charge in [-0.05, 0) is 56.0 Å². The summed E-state index contributed by atoms with van der Waals surface area (Å²) in [6, 6.07) is 8.06. The molecule has 0 saturated carbocycles. The van der Waals surface area contributed by atoms with E-state index in [4.69, 9.17) is 14.7 Å². The Morgan fingerprint density at radius 2 is 1.96 bits per heavy atom. The molecule has 0 saturated heterocycles. The highest BCUT2D eigenvalue weighted by atomic mass is 32.1. The van der Waals surface area contributed by atoms with Crippen molar-refractivity contribution in [1.29, 1.82) is 0 Å². The van der Waals surface area contributed by atoms with Crippen LogP contribution in [0, 0.1) is 0 Å². The van der Waals surface area contributed by atoms with Gasteiger partial charge in [0.1, 0.15) is 22.2 Å². The van der Waals surface area contributed by atoms with E-state index < -0.39 is 0 Å². The van der Waals surface area contributed by atoms with Crippen LogP contribution in [0.3, 0.4) is 0 Å². The van der Waals surface area contributed by atoms with E-state index in [1.165, 1.54) is 28.7 Å². The van der Waals surface area contributed by atoms with Crippen molar-refractivity contribution < 1.29 is 4.74 Å². The summed E-state index contributed by atoms with van der Waals surface area (Å²) in [6.45, 7) is 4.77. The quantitative estimate of drug-likeness (QED) is 0.719. The molecule has 4 rings (SSSR count). The number of nitrogens with zero attached hydrogens (tertiary/aromatic N) is 2. The largest absolute Gasteiger partial charge is 0.494 e. The molecule has 0 bridgehead atoms. The lowest BCUT2D eigenvalue weighted by Gasteiger charge is -2.10. The summed E-state index contributed by atoms with van der Waals surface area (Å²) < 4.78 is 5.51. The van der Waals surface area contributed by atoms with Gasteiger partial charge in [0, 0.05) is 17.0 Å². The van der Waals surface area contributed by atoms with Crippen LogP contribution in [-0.2, 0) is 19.3 Å². The first-order valence-electron chi connectivity index (χ1n) is 8.59. The first kappa shape index (κ1) is 15.4. The molecule has 0 amide bonds. The number of rotatable bonds is 5. The Morgan fingerprint density at radius 1 is 1.12 bits per heavy atom. The second-order valence-corrected chi connectivity index (χ2v) is 7.05. The third kappa shape index (κ3) is 2.73. The predicted octanol–water partition coefficient (Wildman–Crippen LogP) is 4.88. The molecule has 2 aromatic heterocycles. The zero-order valence-corrected chi connectivity index (χ0v) is 14.9. The van der Waals surface area contributed by atoms with E-state index in [2.05, 4.69) is 12.2 Å². The number of ether oxygens (including phenoxy) is 1. The number of aromatic nitrogens is 2. The number of hydrogen-bond acceptors (Lipinski definition) is 5. The highest BCUT2D eigenvalue weighted by Crippen LogP contribution is 2.40. The molecule has 0 radical (unpaired) electrons. The van der Waals surface area contributed by atoms with Gasteiger partial charge in [-0.25, -0.2) is 9.97 Å². The maximum absolute atomic E-state index is 5.51. The fourth-order valence-electron chi connectivity index (χ4n) is 3.23. The zero-order valence-electron chi connectivity index (χ0n) is 14.1. The van der Waals surface area contributed by atoms with Crippen molar-refractivity contribution in [2.45, 2.75) is 39.5 Å². The fraction of sp³-hybridized carbons (Fsp3) is 0.368. The molecule has 24 heavy (non-hydrogen) atoms. The van der Waals surface area contributed by atoms with E-state index in [1.807, 2.05) is 42.5 Å². The number of anilines is 2. The number of fused-ring (bicyclic) bond motifs is 3. The summed E-state index contributed by atoms with van der Waals surface area (Å²) in [4.78, 5) is 12.1. The van der Waals surface area contributed by atoms with Gasteiger partial charge in [-0.15, -0.1) is 11.3 Å². The summed E-state index contributed by atoms with van der Waals surface area (Å²) in [7, 11) is 0. The Labute approximate surface area is 145 Å². The smallest absolute Gasteiger partial charge is 0.143 e. The summed E-state index contributed by atoms with van der Waals surface area (Å²) in [5.41, 5.74) is 2.48. The molecule has 1 aliphatic carbocycles. The van der Waals surface area contributed by atoms with E-state index in [1.54, 1.807) is 0 Å². The first-order chi connectivity index (χ1) is 11.8. The normalized spacial score (nSPS) is 13.2. The number of aryl methyl sites for hydroxylation is 3.